The van der Waals surface area contributed by atoms with Gasteiger partial charge in [-0.3, -0.25) is 4.79 Å². The molecule has 0 fully saturated rings. The molecule has 1 aliphatic rings. The number of benzene rings is 3. The maximum Gasteiger partial charge on any atom is 0.234 e. The second kappa shape index (κ2) is 9.25. The van der Waals surface area contributed by atoms with Crippen molar-refractivity contribution in [1.82, 2.24) is 9.97 Å². The van der Waals surface area contributed by atoms with Crippen molar-refractivity contribution in [2.45, 2.75) is 18.4 Å². The molecule has 0 unspecified atom stereocenters. The molecule has 4 aromatic rings. The number of nitrogens with one attached hydrogen (secondary N) is 1. The Morgan fingerprint density at radius 3 is 2.61 bits per heavy atom. The molecule has 1 N–H and O–H groups in total. The highest BCUT2D eigenvalue weighted by molar-refractivity contribution is 8.00. The number of anilines is 1. The van der Waals surface area contributed by atoms with Crippen LogP contribution in [0.2, 0.25) is 5.02 Å². The second-order valence-electron chi connectivity index (χ2n) is 7.69. The van der Waals surface area contributed by atoms with Gasteiger partial charge in [0.25, 0.3) is 0 Å². The number of hydrogen-bond acceptors (Lipinski definition) is 5. The zero-order chi connectivity index (χ0) is 22.8. The van der Waals surface area contributed by atoms with Crippen LogP contribution in [0.5, 0.6) is 11.6 Å². The maximum atomic E-state index is 12.6. The summed E-state index contributed by atoms with van der Waals surface area (Å²) < 4.78 is 6.25. The summed E-state index contributed by atoms with van der Waals surface area (Å²) in [6.45, 7) is 2.03. The van der Waals surface area contributed by atoms with Crippen molar-refractivity contribution in [3.63, 3.8) is 0 Å². The van der Waals surface area contributed by atoms with Crippen molar-refractivity contribution >= 4 is 35.0 Å². The van der Waals surface area contributed by atoms with Crippen LogP contribution in [0.1, 0.15) is 16.7 Å². The topological polar surface area (TPSA) is 64.1 Å². The Bertz CT molecular complexity index is 1330. The molecule has 3 aromatic carbocycles. The molecule has 0 saturated carbocycles. The SMILES string of the molecule is Cc1cccc2c1Oc1nc(-c3ccccc3)nc(SCC(=O)Nc3ccc(Cl)cc3)c1C2. The minimum atomic E-state index is -0.121. The van der Waals surface area contributed by atoms with Gasteiger partial charge in [-0.1, -0.05) is 71.9 Å². The van der Waals surface area contributed by atoms with Crippen LogP contribution in [-0.2, 0) is 11.2 Å². The Hall–Kier alpha value is -3.35. The van der Waals surface area contributed by atoms with E-state index in [1.54, 1.807) is 24.3 Å². The third-order valence-corrected chi connectivity index (χ3v) is 6.56. The van der Waals surface area contributed by atoms with Gasteiger partial charge in [0.1, 0.15) is 10.8 Å². The van der Waals surface area contributed by atoms with Gasteiger partial charge in [0.2, 0.25) is 11.8 Å². The van der Waals surface area contributed by atoms with Gasteiger partial charge in [-0.2, -0.15) is 4.98 Å². The van der Waals surface area contributed by atoms with Crippen LogP contribution in [0.25, 0.3) is 11.4 Å². The van der Waals surface area contributed by atoms with E-state index in [1.807, 2.05) is 49.4 Å². The first-order valence-corrected chi connectivity index (χ1v) is 11.8. The summed E-state index contributed by atoms with van der Waals surface area (Å²) in [5.41, 5.74) is 4.65. The van der Waals surface area contributed by atoms with E-state index in [4.69, 9.17) is 26.3 Å². The molecule has 0 atom stereocenters. The highest BCUT2D eigenvalue weighted by Crippen LogP contribution is 2.41. The quantitative estimate of drug-likeness (QED) is 0.232. The molecule has 5 nitrogen and oxygen atoms in total. The van der Waals surface area contributed by atoms with E-state index in [0.29, 0.717) is 28.8 Å². The fourth-order valence-corrected chi connectivity index (χ4v) is 4.62. The first-order chi connectivity index (χ1) is 16.1. The van der Waals surface area contributed by atoms with Crippen molar-refractivity contribution in [3.8, 4) is 23.0 Å². The Balaban J connectivity index is 1.44. The number of carbonyl (C=O) groups excluding carboxylic acids is 1. The van der Waals surface area contributed by atoms with Crippen LogP contribution in [0.3, 0.4) is 0 Å². The maximum absolute atomic E-state index is 12.6. The third kappa shape index (κ3) is 4.72. The lowest BCUT2D eigenvalue weighted by Crippen LogP contribution is -2.15. The number of ether oxygens (including phenoxy) is 1. The molecule has 0 spiro atoms. The molecule has 164 valence electrons. The molecule has 5 rings (SSSR count). The number of thioether (sulfide) groups is 1. The first kappa shape index (κ1) is 21.5. The number of aromatic nitrogens is 2. The van der Waals surface area contributed by atoms with Crippen molar-refractivity contribution < 1.29 is 9.53 Å². The molecular formula is C26H20ClN3O2S. The van der Waals surface area contributed by atoms with Crippen LogP contribution >= 0.6 is 23.4 Å². The van der Waals surface area contributed by atoms with Crippen LogP contribution in [0.15, 0.2) is 77.8 Å². The zero-order valence-electron chi connectivity index (χ0n) is 17.8. The monoisotopic (exact) mass is 473 g/mol. The highest BCUT2D eigenvalue weighted by atomic mass is 35.5. The Labute approximate surface area is 201 Å². The molecule has 1 amide bonds. The predicted octanol–water partition coefficient (Wildman–Crippen LogP) is 6.53. The number of nitrogens with zero attached hydrogens (tertiary/aromatic N) is 2. The summed E-state index contributed by atoms with van der Waals surface area (Å²) in [4.78, 5) is 22.1. The number of carbonyl (C=O) groups is 1. The van der Waals surface area contributed by atoms with E-state index in [2.05, 4.69) is 11.4 Å². The first-order valence-electron chi connectivity index (χ1n) is 10.5. The lowest BCUT2D eigenvalue weighted by molar-refractivity contribution is -0.113. The minimum absolute atomic E-state index is 0.121. The molecule has 7 heteroatoms. The number of hydrogen-bond donors (Lipinski definition) is 1. The van der Waals surface area contributed by atoms with Crippen molar-refractivity contribution in [2.24, 2.45) is 0 Å². The molecule has 1 aliphatic heterocycles. The van der Waals surface area contributed by atoms with E-state index in [-0.39, 0.29) is 11.7 Å². The highest BCUT2D eigenvalue weighted by Gasteiger charge is 2.25. The molecule has 0 bridgehead atoms. The van der Waals surface area contributed by atoms with Crippen LogP contribution in [0.4, 0.5) is 5.69 Å². The smallest absolute Gasteiger partial charge is 0.234 e. The second-order valence-corrected chi connectivity index (χ2v) is 9.09. The normalized spacial score (nSPS) is 11.8. The molecular weight excluding hydrogens is 454 g/mol. The van der Waals surface area contributed by atoms with Gasteiger partial charge in [0.05, 0.1) is 11.3 Å². The van der Waals surface area contributed by atoms with Crippen molar-refractivity contribution in [2.75, 3.05) is 11.1 Å². The Morgan fingerprint density at radius 2 is 1.82 bits per heavy atom. The number of aryl methyl sites for hydroxylation is 1. The van der Waals surface area contributed by atoms with E-state index < -0.39 is 0 Å². The summed E-state index contributed by atoms with van der Waals surface area (Å²) in [5.74, 6) is 2.06. The van der Waals surface area contributed by atoms with E-state index >= 15 is 0 Å². The van der Waals surface area contributed by atoms with Gasteiger partial charge in [-0.25, -0.2) is 4.98 Å². The lowest BCUT2D eigenvalue weighted by atomic mass is 10.0. The standard InChI is InChI=1S/C26H20ClN3O2S/c1-16-6-5-9-18-14-21-25(32-23(16)18)29-24(17-7-3-2-4-8-17)30-26(21)33-15-22(31)28-20-12-10-19(27)11-13-20/h2-13H,14-15H2,1H3,(H,28,31). The third-order valence-electron chi connectivity index (χ3n) is 5.29. The Kier molecular flexibility index (Phi) is 6.03. The summed E-state index contributed by atoms with van der Waals surface area (Å²) in [6.07, 6.45) is 0.655. The number of halogens is 1. The van der Waals surface area contributed by atoms with Crippen LogP contribution in [0, 0.1) is 6.92 Å². The number of fused-ring (bicyclic) bond motifs is 2. The lowest BCUT2D eigenvalue weighted by Gasteiger charge is -2.23. The summed E-state index contributed by atoms with van der Waals surface area (Å²) in [6, 6.07) is 22.9. The molecule has 0 aliphatic carbocycles. The fraction of sp³-hybridized carbons (Fsp3) is 0.115. The molecule has 0 saturated heterocycles. The van der Waals surface area contributed by atoms with Gasteiger partial charge in [0.15, 0.2) is 5.82 Å². The minimum Gasteiger partial charge on any atom is -0.438 e. The van der Waals surface area contributed by atoms with Crippen LogP contribution < -0.4 is 10.1 Å². The van der Waals surface area contributed by atoms with Crippen molar-refractivity contribution in [1.29, 1.82) is 0 Å². The molecule has 2 heterocycles. The van der Waals surface area contributed by atoms with E-state index in [1.165, 1.54) is 11.8 Å². The van der Waals surface area contributed by atoms with Gasteiger partial charge in [-0.15, -0.1) is 0 Å². The van der Waals surface area contributed by atoms with E-state index in [0.717, 1.165) is 33.0 Å². The van der Waals surface area contributed by atoms with Gasteiger partial charge in [0, 0.05) is 22.7 Å². The van der Waals surface area contributed by atoms with Gasteiger partial charge in [-0.05, 0) is 42.3 Å². The average Bonchev–Trinajstić information content (AvgIpc) is 2.84. The molecule has 1 aromatic heterocycles. The average molecular weight is 474 g/mol. The molecule has 0 radical (unpaired) electrons. The predicted molar refractivity (Wildman–Crippen MR) is 132 cm³/mol. The van der Waals surface area contributed by atoms with Gasteiger partial charge >= 0.3 is 0 Å². The summed E-state index contributed by atoms with van der Waals surface area (Å²) in [7, 11) is 0. The van der Waals surface area contributed by atoms with Gasteiger partial charge < -0.3 is 10.1 Å². The van der Waals surface area contributed by atoms with Crippen LogP contribution in [-0.4, -0.2) is 21.6 Å². The number of para-hydroxylation sites is 1. The zero-order valence-corrected chi connectivity index (χ0v) is 19.4. The molecule has 33 heavy (non-hydrogen) atoms. The number of amides is 1. The fourth-order valence-electron chi connectivity index (χ4n) is 3.66. The number of rotatable bonds is 5. The summed E-state index contributed by atoms with van der Waals surface area (Å²) in [5, 5.41) is 4.27. The van der Waals surface area contributed by atoms with E-state index in [9.17, 15) is 4.79 Å². The Morgan fingerprint density at radius 1 is 1.03 bits per heavy atom. The van der Waals surface area contributed by atoms with Crippen molar-refractivity contribution in [3.05, 3.63) is 94.5 Å². The summed E-state index contributed by atoms with van der Waals surface area (Å²) >= 11 is 7.31. The largest absolute Gasteiger partial charge is 0.438 e.